The van der Waals surface area contributed by atoms with Gasteiger partial charge in [0, 0.05) is 20.0 Å². The number of aromatic nitrogens is 2. The average molecular weight is 438 g/mol. The number of rotatable bonds is 6. The van der Waals surface area contributed by atoms with Gasteiger partial charge in [-0.25, -0.2) is 13.2 Å². The molecule has 1 aromatic heterocycles. The average Bonchev–Trinajstić information content (AvgIpc) is 3.13. The summed E-state index contributed by atoms with van der Waals surface area (Å²) in [6.07, 6.45) is 0.201. The van der Waals surface area contributed by atoms with Gasteiger partial charge < -0.3 is 13.9 Å². The first-order valence-electron chi connectivity index (χ1n) is 9.81. The van der Waals surface area contributed by atoms with E-state index >= 15 is 0 Å². The van der Waals surface area contributed by atoms with E-state index in [0.717, 1.165) is 6.42 Å². The SMILES string of the molecule is COc1ccc(C(=O)OC(C)c2nnc(C)o2)cc1S(=O)(=O)N1CC(C)CC(C)C1. The Morgan fingerprint density at radius 1 is 1.23 bits per heavy atom. The molecule has 1 aliphatic heterocycles. The van der Waals surface area contributed by atoms with Crippen molar-refractivity contribution in [3.63, 3.8) is 0 Å². The van der Waals surface area contributed by atoms with Crippen LogP contribution in [0.4, 0.5) is 0 Å². The zero-order valence-electron chi connectivity index (χ0n) is 17.8. The van der Waals surface area contributed by atoms with E-state index < -0.39 is 22.1 Å². The van der Waals surface area contributed by atoms with Gasteiger partial charge in [-0.05, 0) is 43.4 Å². The van der Waals surface area contributed by atoms with Crippen molar-refractivity contribution in [3.05, 3.63) is 35.5 Å². The first-order valence-corrected chi connectivity index (χ1v) is 11.2. The fourth-order valence-corrected chi connectivity index (χ4v) is 5.56. The molecule has 0 spiro atoms. The van der Waals surface area contributed by atoms with E-state index in [-0.39, 0.29) is 33.9 Å². The van der Waals surface area contributed by atoms with Crippen LogP contribution in [0, 0.1) is 18.8 Å². The molecule has 1 fully saturated rings. The normalized spacial score (nSPS) is 21.2. The van der Waals surface area contributed by atoms with Gasteiger partial charge in [0.25, 0.3) is 5.89 Å². The number of nitrogens with zero attached hydrogens (tertiary/aromatic N) is 3. The summed E-state index contributed by atoms with van der Waals surface area (Å²) in [5.74, 6) is 0.507. The van der Waals surface area contributed by atoms with E-state index in [4.69, 9.17) is 13.9 Å². The Bertz CT molecular complexity index is 1010. The molecular weight excluding hydrogens is 410 g/mol. The predicted molar refractivity (Wildman–Crippen MR) is 108 cm³/mol. The Labute approximate surface area is 176 Å². The summed E-state index contributed by atoms with van der Waals surface area (Å²) < 4.78 is 44.1. The highest BCUT2D eigenvalue weighted by Gasteiger charge is 2.34. The Hall–Kier alpha value is -2.46. The van der Waals surface area contributed by atoms with Gasteiger partial charge in [-0.3, -0.25) is 0 Å². The minimum Gasteiger partial charge on any atom is -0.495 e. The van der Waals surface area contributed by atoms with E-state index in [2.05, 4.69) is 10.2 Å². The summed E-state index contributed by atoms with van der Waals surface area (Å²) in [6.45, 7) is 8.15. The maximum atomic E-state index is 13.3. The van der Waals surface area contributed by atoms with E-state index in [0.29, 0.717) is 19.0 Å². The topological polar surface area (TPSA) is 112 Å². The molecule has 2 heterocycles. The van der Waals surface area contributed by atoms with Gasteiger partial charge in [0.15, 0.2) is 6.10 Å². The van der Waals surface area contributed by atoms with Crippen molar-refractivity contribution < 1.29 is 27.1 Å². The molecule has 0 bridgehead atoms. The van der Waals surface area contributed by atoms with Crippen molar-refractivity contribution in [2.75, 3.05) is 20.2 Å². The summed E-state index contributed by atoms with van der Waals surface area (Å²) in [5.41, 5.74) is 0.0931. The fourth-order valence-electron chi connectivity index (χ4n) is 3.70. The molecular formula is C20H27N3O6S. The van der Waals surface area contributed by atoms with Crippen molar-refractivity contribution in [2.24, 2.45) is 11.8 Å². The number of methoxy groups -OCH3 is 1. The van der Waals surface area contributed by atoms with Crippen LogP contribution in [-0.2, 0) is 14.8 Å². The van der Waals surface area contributed by atoms with E-state index in [9.17, 15) is 13.2 Å². The van der Waals surface area contributed by atoms with Crippen LogP contribution in [0.3, 0.4) is 0 Å². The molecule has 0 saturated carbocycles. The first kappa shape index (κ1) is 22.2. The molecule has 0 radical (unpaired) electrons. The zero-order valence-corrected chi connectivity index (χ0v) is 18.6. The zero-order chi connectivity index (χ0) is 22.1. The van der Waals surface area contributed by atoms with Crippen molar-refractivity contribution in [3.8, 4) is 5.75 Å². The van der Waals surface area contributed by atoms with Gasteiger partial charge in [0.2, 0.25) is 15.9 Å². The molecule has 9 nitrogen and oxygen atoms in total. The summed E-state index contributed by atoms with van der Waals surface area (Å²) >= 11 is 0. The minimum atomic E-state index is -3.84. The van der Waals surface area contributed by atoms with Crippen molar-refractivity contribution >= 4 is 16.0 Å². The third-order valence-electron chi connectivity index (χ3n) is 5.03. The lowest BCUT2D eigenvalue weighted by Gasteiger charge is -2.34. The van der Waals surface area contributed by atoms with Crippen LogP contribution in [0.15, 0.2) is 27.5 Å². The highest BCUT2D eigenvalue weighted by Crippen LogP contribution is 2.32. The molecule has 1 aliphatic rings. The lowest BCUT2D eigenvalue weighted by molar-refractivity contribution is 0.0276. The Morgan fingerprint density at radius 3 is 2.47 bits per heavy atom. The van der Waals surface area contributed by atoms with Gasteiger partial charge in [-0.15, -0.1) is 10.2 Å². The van der Waals surface area contributed by atoms with Crippen LogP contribution < -0.4 is 4.74 Å². The van der Waals surface area contributed by atoms with Gasteiger partial charge in [0.05, 0.1) is 12.7 Å². The number of carbonyl (C=O) groups excluding carboxylic acids is 1. The van der Waals surface area contributed by atoms with Crippen LogP contribution in [0.5, 0.6) is 5.75 Å². The van der Waals surface area contributed by atoms with Crippen molar-refractivity contribution in [2.45, 2.75) is 45.1 Å². The molecule has 1 saturated heterocycles. The summed E-state index contributed by atoms with van der Waals surface area (Å²) in [5, 5.41) is 7.55. The second-order valence-electron chi connectivity index (χ2n) is 7.84. The molecule has 3 unspecified atom stereocenters. The third-order valence-corrected chi connectivity index (χ3v) is 6.88. The molecule has 164 valence electrons. The standard InChI is InChI=1S/C20H27N3O6S/c1-12-8-13(2)11-23(10-12)30(25,26)18-9-16(6-7-17(18)27-5)20(24)28-14(3)19-22-21-15(4)29-19/h6-7,9,12-14H,8,10-11H2,1-5H3. The van der Waals surface area contributed by atoms with E-state index in [1.54, 1.807) is 13.8 Å². The number of sulfonamides is 1. The Balaban J connectivity index is 1.88. The minimum absolute atomic E-state index is 0.0537. The van der Waals surface area contributed by atoms with E-state index in [1.807, 2.05) is 13.8 Å². The number of hydrogen-bond acceptors (Lipinski definition) is 8. The number of benzene rings is 1. The van der Waals surface area contributed by atoms with Crippen LogP contribution in [0.2, 0.25) is 0 Å². The summed E-state index contributed by atoms with van der Waals surface area (Å²) in [4.78, 5) is 12.6. The predicted octanol–water partition coefficient (Wildman–Crippen LogP) is 2.97. The molecule has 10 heteroatoms. The largest absolute Gasteiger partial charge is 0.495 e. The lowest BCUT2D eigenvalue weighted by atomic mass is 9.94. The highest BCUT2D eigenvalue weighted by molar-refractivity contribution is 7.89. The van der Waals surface area contributed by atoms with Gasteiger partial charge in [0.1, 0.15) is 10.6 Å². The van der Waals surface area contributed by atoms with Crippen molar-refractivity contribution in [1.82, 2.24) is 14.5 Å². The first-order chi connectivity index (χ1) is 14.1. The second-order valence-corrected chi connectivity index (χ2v) is 9.75. The number of carbonyl (C=O) groups is 1. The van der Waals surface area contributed by atoms with Crippen molar-refractivity contribution in [1.29, 1.82) is 0 Å². The number of hydrogen-bond donors (Lipinski definition) is 0. The number of aryl methyl sites for hydroxylation is 1. The highest BCUT2D eigenvalue weighted by atomic mass is 32.2. The second kappa shape index (κ2) is 8.73. The van der Waals surface area contributed by atoms with Crippen LogP contribution in [0.25, 0.3) is 0 Å². The molecule has 3 atom stereocenters. The number of ether oxygens (including phenoxy) is 2. The monoisotopic (exact) mass is 437 g/mol. The number of piperidine rings is 1. The van der Waals surface area contributed by atoms with E-state index in [1.165, 1.54) is 29.6 Å². The molecule has 0 N–H and O–H groups in total. The lowest BCUT2D eigenvalue weighted by Crippen LogP contribution is -2.42. The maximum absolute atomic E-state index is 13.3. The van der Waals surface area contributed by atoms with Crippen LogP contribution >= 0.6 is 0 Å². The summed E-state index contributed by atoms with van der Waals surface area (Å²) in [6, 6.07) is 4.22. The van der Waals surface area contributed by atoms with Crippen LogP contribution in [-0.4, -0.2) is 49.1 Å². The molecule has 3 rings (SSSR count). The molecule has 0 amide bonds. The quantitative estimate of drug-likeness (QED) is 0.634. The molecule has 2 aromatic rings. The van der Waals surface area contributed by atoms with Gasteiger partial charge >= 0.3 is 5.97 Å². The molecule has 1 aromatic carbocycles. The third kappa shape index (κ3) is 4.65. The molecule has 30 heavy (non-hydrogen) atoms. The fraction of sp³-hybridized carbons (Fsp3) is 0.550. The van der Waals surface area contributed by atoms with Gasteiger partial charge in [-0.1, -0.05) is 13.8 Å². The smallest absolute Gasteiger partial charge is 0.338 e. The maximum Gasteiger partial charge on any atom is 0.338 e. The van der Waals surface area contributed by atoms with Crippen LogP contribution in [0.1, 0.15) is 55.4 Å². The summed E-state index contributed by atoms with van der Waals surface area (Å²) in [7, 11) is -2.45. The number of esters is 1. The Morgan fingerprint density at radius 2 is 1.90 bits per heavy atom. The molecule has 0 aliphatic carbocycles. The Kier molecular flexibility index (Phi) is 6.47. The van der Waals surface area contributed by atoms with Gasteiger partial charge in [-0.2, -0.15) is 4.31 Å².